The van der Waals surface area contributed by atoms with Gasteiger partial charge in [-0.1, -0.05) is 12.1 Å². The van der Waals surface area contributed by atoms with E-state index in [0.717, 1.165) is 43.0 Å². The van der Waals surface area contributed by atoms with Crippen molar-refractivity contribution < 1.29 is 60.7 Å². The van der Waals surface area contributed by atoms with Gasteiger partial charge in [0.1, 0.15) is 0 Å². The monoisotopic (exact) mass is 540 g/mol. The van der Waals surface area contributed by atoms with Gasteiger partial charge in [-0.05, 0) is 42.2 Å². The van der Waals surface area contributed by atoms with Crippen LogP contribution >= 0.6 is 0 Å². The van der Waals surface area contributed by atoms with E-state index in [2.05, 4.69) is 22.0 Å². The minimum Gasteiger partial charge on any atom is -0.475 e. The maximum Gasteiger partial charge on any atom is 0.490 e. The van der Waals surface area contributed by atoms with Crippen LogP contribution in [0.1, 0.15) is 17.5 Å². The Hall–Kier alpha value is -3.59. The fourth-order valence-corrected chi connectivity index (χ4v) is 3.40. The lowest BCUT2D eigenvalue weighted by Crippen LogP contribution is -2.36. The van der Waals surface area contributed by atoms with Crippen molar-refractivity contribution in [3.63, 3.8) is 0 Å². The molecule has 0 saturated carbocycles. The molecule has 0 aliphatic carbocycles. The van der Waals surface area contributed by atoms with E-state index in [4.69, 9.17) is 29.3 Å². The standard InChI is InChI=1S/C18H20N2O3.2C2HF3O2/c21-16-5-7-20(15(16)8-13-2-1-6-19-10-13)11-14-3-4-17-18(9-14)23-12-22-17;2*3-2(4,5)1(6)7/h1-4,6,9-10,15-16,21H,5,7-8,11-12H2;2*(H,6,7)/t15-,16-;;/m0../s1. The van der Waals surface area contributed by atoms with E-state index in [1.54, 1.807) is 6.20 Å². The molecule has 9 nitrogen and oxygen atoms in total. The zero-order valence-corrected chi connectivity index (χ0v) is 18.9. The Morgan fingerprint density at radius 3 is 2.11 bits per heavy atom. The first-order chi connectivity index (χ1) is 17.2. The van der Waals surface area contributed by atoms with E-state index in [9.17, 15) is 31.4 Å². The molecule has 1 fully saturated rings. The summed E-state index contributed by atoms with van der Waals surface area (Å²) in [5, 5.41) is 24.6. The van der Waals surface area contributed by atoms with Gasteiger partial charge in [0.2, 0.25) is 6.79 Å². The number of benzene rings is 1. The Labute approximate surface area is 205 Å². The number of aliphatic hydroxyl groups is 1. The summed E-state index contributed by atoms with van der Waals surface area (Å²) in [6, 6.07) is 10.2. The third-order valence-electron chi connectivity index (χ3n) is 5.10. The molecule has 3 heterocycles. The number of rotatable bonds is 4. The number of halogens is 6. The van der Waals surface area contributed by atoms with Gasteiger partial charge in [0.25, 0.3) is 0 Å². The van der Waals surface area contributed by atoms with E-state index >= 15 is 0 Å². The quantitative estimate of drug-likeness (QED) is 0.501. The first-order valence-corrected chi connectivity index (χ1v) is 10.5. The highest BCUT2D eigenvalue weighted by Crippen LogP contribution is 2.33. The van der Waals surface area contributed by atoms with E-state index in [-0.39, 0.29) is 12.1 Å². The topological polar surface area (TPSA) is 129 Å². The van der Waals surface area contributed by atoms with Crippen LogP contribution in [0.25, 0.3) is 0 Å². The summed E-state index contributed by atoms with van der Waals surface area (Å²) < 4.78 is 74.3. The summed E-state index contributed by atoms with van der Waals surface area (Å²) in [7, 11) is 0. The third kappa shape index (κ3) is 9.42. The minimum atomic E-state index is -5.08. The molecule has 3 N–H and O–H groups in total. The number of hydrogen-bond donors (Lipinski definition) is 3. The molecule has 1 aromatic carbocycles. The van der Waals surface area contributed by atoms with Gasteiger partial charge in [0.15, 0.2) is 11.5 Å². The van der Waals surface area contributed by atoms with Crippen LogP contribution in [0.15, 0.2) is 42.7 Å². The first kappa shape index (κ1) is 29.6. The molecule has 0 spiro atoms. The van der Waals surface area contributed by atoms with Crippen molar-refractivity contribution in [1.29, 1.82) is 0 Å². The summed E-state index contributed by atoms with van der Waals surface area (Å²) in [5.74, 6) is -3.90. The van der Waals surface area contributed by atoms with Gasteiger partial charge < -0.3 is 24.8 Å². The molecule has 2 atom stereocenters. The van der Waals surface area contributed by atoms with Gasteiger partial charge in [-0.25, -0.2) is 9.59 Å². The van der Waals surface area contributed by atoms with Gasteiger partial charge in [0, 0.05) is 31.5 Å². The van der Waals surface area contributed by atoms with Crippen molar-refractivity contribution in [3.8, 4) is 11.5 Å². The highest BCUT2D eigenvalue weighted by molar-refractivity contribution is 5.73. The second kappa shape index (κ2) is 12.6. The smallest absolute Gasteiger partial charge is 0.475 e. The number of likely N-dealkylation sites (tertiary alicyclic amines) is 1. The lowest BCUT2D eigenvalue weighted by Gasteiger charge is -2.26. The molecule has 2 aliphatic heterocycles. The molecule has 0 bridgehead atoms. The van der Waals surface area contributed by atoms with E-state index in [1.165, 1.54) is 5.56 Å². The lowest BCUT2D eigenvalue weighted by molar-refractivity contribution is -0.193. The van der Waals surface area contributed by atoms with Crippen LogP contribution in [0.3, 0.4) is 0 Å². The van der Waals surface area contributed by atoms with Crippen LogP contribution < -0.4 is 9.47 Å². The van der Waals surface area contributed by atoms with Crippen LogP contribution in [0.2, 0.25) is 0 Å². The Kier molecular flexibility index (Phi) is 10.1. The van der Waals surface area contributed by atoms with Crippen LogP contribution in [0, 0.1) is 0 Å². The fourth-order valence-electron chi connectivity index (χ4n) is 3.40. The number of carbonyl (C=O) groups is 2. The second-order valence-electron chi connectivity index (χ2n) is 7.75. The van der Waals surface area contributed by atoms with Crippen molar-refractivity contribution in [2.24, 2.45) is 0 Å². The van der Waals surface area contributed by atoms with Gasteiger partial charge >= 0.3 is 24.3 Å². The van der Waals surface area contributed by atoms with Crippen LogP contribution in [0.5, 0.6) is 11.5 Å². The fraction of sp³-hybridized carbons (Fsp3) is 0.409. The van der Waals surface area contributed by atoms with E-state index < -0.39 is 24.3 Å². The lowest BCUT2D eigenvalue weighted by atomic mass is 10.0. The van der Waals surface area contributed by atoms with E-state index in [0.29, 0.717) is 6.79 Å². The number of ether oxygens (including phenoxy) is 2. The van der Waals surface area contributed by atoms with Crippen molar-refractivity contribution in [2.75, 3.05) is 13.3 Å². The number of fused-ring (bicyclic) bond motifs is 1. The summed E-state index contributed by atoms with van der Waals surface area (Å²) in [6.07, 6.45) is -5.16. The van der Waals surface area contributed by atoms with E-state index in [1.807, 2.05) is 24.4 Å². The number of aromatic nitrogens is 1. The minimum absolute atomic E-state index is 0.129. The molecular formula is C22H22F6N2O7. The number of aliphatic hydroxyl groups excluding tert-OH is 1. The SMILES string of the molecule is O=C(O)C(F)(F)F.O=C(O)C(F)(F)F.O[C@H]1CCN(Cc2ccc3c(c2)OCO3)[C@H]1Cc1cccnc1. The number of aliphatic carboxylic acids is 2. The molecular weight excluding hydrogens is 518 g/mol. The molecule has 2 aliphatic rings. The number of nitrogens with zero attached hydrogens (tertiary/aromatic N) is 2. The molecule has 37 heavy (non-hydrogen) atoms. The molecule has 1 saturated heterocycles. The largest absolute Gasteiger partial charge is 0.490 e. The summed E-state index contributed by atoms with van der Waals surface area (Å²) in [6.45, 7) is 2.00. The molecule has 15 heteroatoms. The van der Waals surface area contributed by atoms with Crippen LogP contribution in [-0.2, 0) is 22.6 Å². The van der Waals surface area contributed by atoms with Crippen LogP contribution in [-0.4, -0.2) is 75.0 Å². The Bertz CT molecular complexity index is 1030. The normalized spacial score (nSPS) is 18.8. The summed E-state index contributed by atoms with van der Waals surface area (Å²) >= 11 is 0. The predicted molar refractivity (Wildman–Crippen MR) is 113 cm³/mol. The summed E-state index contributed by atoms with van der Waals surface area (Å²) in [4.78, 5) is 24.3. The maximum atomic E-state index is 10.6. The Morgan fingerprint density at radius 1 is 0.973 bits per heavy atom. The van der Waals surface area contributed by atoms with Crippen molar-refractivity contribution in [1.82, 2.24) is 9.88 Å². The number of alkyl halides is 6. The molecule has 0 radical (unpaired) electrons. The predicted octanol–water partition coefficient (Wildman–Crippen LogP) is 3.25. The van der Waals surface area contributed by atoms with Gasteiger partial charge in [-0.15, -0.1) is 0 Å². The number of carboxylic acid groups (broad SMARTS) is 2. The molecule has 0 unspecified atom stereocenters. The zero-order valence-electron chi connectivity index (χ0n) is 18.9. The first-order valence-electron chi connectivity index (χ1n) is 10.5. The van der Waals surface area contributed by atoms with Gasteiger partial charge in [-0.2, -0.15) is 26.3 Å². The average Bonchev–Trinajstić information content (AvgIpc) is 3.41. The molecule has 2 aromatic rings. The molecule has 0 amide bonds. The van der Waals surface area contributed by atoms with Crippen molar-refractivity contribution in [3.05, 3.63) is 53.9 Å². The third-order valence-corrected chi connectivity index (χ3v) is 5.10. The number of pyridine rings is 1. The van der Waals surface area contributed by atoms with Gasteiger partial charge in [-0.3, -0.25) is 9.88 Å². The van der Waals surface area contributed by atoms with Crippen molar-refractivity contribution >= 4 is 11.9 Å². The molecule has 4 rings (SSSR count). The average molecular weight is 540 g/mol. The summed E-state index contributed by atoms with van der Waals surface area (Å²) in [5.41, 5.74) is 2.34. The Balaban J connectivity index is 0.000000286. The number of carboxylic acids is 2. The molecule has 204 valence electrons. The van der Waals surface area contributed by atoms with Gasteiger partial charge in [0.05, 0.1) is 6.10 Å². The zero-order chi connectivity index (χ0) is 27.8. The highest BCUT2D eigenvalue weighted by atomic mass is 19.4. The van der Waals surface area contributed by atoms with Crippen molar-refractivity contribution in [2.45, 2.75) is 43.9 Å². The Morgan fingerprint density at radius 2 is 1.57 bits per heavy atom. The second-order valence-corrected chi connectivity index (χ2v) is 7.75. The highest BCUT2D eigenvalue weighted by Gasteiger charge is 2.39. The molecule has 1 aromatic heterocycles. The maximum absolute atomic E-state index is 10.6. The number of hydrogen-bond acceptors (Lipinski definition) is 7. The van der Waals surface area contributed by atoms with Crippen LogP contribution in [0.4, 0.5) is 26.3 Å².